The Labute approximate surface area is 203 Å². The number of ether oxygens (including phenoxy) is 1. The first kappa shape index (κ1) is 23.7. The van der Waals surface area contributed by atoms with Gasteiger partial charge in [0.25, 0.3) is 5.56 Å². The van der Waals surface area contributed by atoms with E-state index >= 15 is 0 Å². The van der Waals surface area contributed by atoms with Crippen LogP contribution in [0.15, 0.2) is 74.5 Å². The summed E-state index contributed by atoms with van der Waals surface area (Å²) >= 11 is 2.83. The van der Waals surface area contributed by atoms with Crippen LogP contribution in [-0.2, 0) is 9.53 Å². The van der Waals surface area contributed by atoms with Gasteiger partial charge in [0.1, 0.15) is 0 Å². The van der Waals surface area contributed by atoms with Gasteiger partial charge in [-0.1, -0.05) is 35.6 Å². The van der Waals surface area contributed by atoms with E-state index in [0.717, 1.165) is 10.5 Å². The van der Waals surface area contributed by atoms with Gasteiger partial charge in [-0.2, -0.15) is 0 Å². The zero-order valence-electron chi connectivity index (χ0n) is 18.8. The normalized spacial score (nSPS) is 15.6. The summed E-state index contributed by atoms with van der Waals surface area (Å²) in [6, 6.07) is 13.4. The van der Waals surface area contributed by atoms with Crippen LogP contribution in [-0.4, -0.2) is 34.5 Å². The quantitative estimate of drug-likeness (QED) is 0.417. The molecule has 2 heterocycles. The Hall–Kier alpha value is -3.43. The van der Waals surface area contributed by atoms with E-state index in [0.29, 0.717) is 26.2 Å². The standard InChI is InChI=1S/C25H22N2O5S2/c1-4-32-24(31)20-14(2)26-25-27(21(20)16-9-11-18(33-3)12-10-16)22(28)19(34-25)13-15-5-7-17(8-6-15)23(29)30/h5-13,21H,4H2,1-3H3,(H,29,30)/b19-13-/t21-/m1/s1. The number of carbonyl (C=O) groups is 2. The van der Waals surface area contributed by atoms with Gasteiger partial charge >= 0.3 is 11.9 Å². The second-order valence-corrected chi connectivity index (χ2v) is 9.39. The van der Waals surface area contributed by atoms with Gasteiger partial charge in [0.15, 0.2) is 4.80 Å². The molecular weight excluding hydrogens is 472 g/mol. The SMILES string of the molecule is CCOC(=O)C1=C(C)N=c2s/c(=C\c3ccc(C(=O)O)cc3)c(=O)n2[C@@H]1c1ccc(SC)cc1. The van der Waals surface area contributed by atoms with Crippen molar-refractivity contribution < 1.29 is 19.4 Å². The number of allylic oxidation sites excluding steroid dienone is 1. The lowest BCUT2D eigenvalue weighted by Gasteiger charge is -2.24. The molecule has 174 valence electrons. The van der Waals surface area contributed by atoms with Crippen molar-refractivity contribution in [1.82, 2.24) is 4.57 Å². The van der Waals surface area contributed by atoms with Gasteiger partial charge < -0.3 is 9.84 Å². The molecule has 34 heavy (non-hydrogen) atoms. The van der Waals surface area contributed by atoms with Crippen LogP contribution in [0.5, 0.6) is 0 Å². The molecule has 0 unspecified atom stereocenters. The third-order valence-corrected chi connectivity index (χ3v) is 7.13. The van der Waals surface area contributed by atoms with Gasteiger partial charge in [0.2, 0.25) is 0 Å². The largest absolute Gasteiger partial charge is 0.478 e. The first-order valence-corrected chi connectivity index (χ1v) is 12.5. The number of esters is 1. The number of nitrogens with zero attached hydrogens (tertiary/aromatic N) is 2. The van der Waals surface area contributed by atoms with E-state index in [1.807, 2.05) is 30.5 Å². The number of hydrogen-bond donors (Lipinski definition) is 1. The van der Waals surface area contributed by atoms with E-state index in [4.69, 9.17) is 9.84 Å². The summed E-state index contributed by atoms with van der Waals surface area (Å²) in [6.45, 7) is 3.70. The lowest BCUT2D eigenvalue weighted by atomic mass is 9.96. The Bertz CT molecular complexity index is 1470. The summed E-state index contributed by atoms with van der Waals surface area (Å²) in [5, 5.41) is 9.11. The Morgan fingerprint density at radius 3 is 2.44 bits per heavy atom. The first-order valence-electron chi connectivity index (χ1n) is 10.5. The van der Waals surface area contributed by atoms with Crippen LogP contribution in [0.25, 0.3) is 6.08 Å². The average molecular weight is 495 g/mol. The van der Waals surface area contributed by atoms with Crippen LogP contribution in [0, 0.1) is 0 Å². The number of aromatic nitrogens is 1. The molecule has 1 aromatic heterocycles. The van der Waals surface area contributed by atoms with Crippen molar-refractivity contribution in [2.24, 2.45) is 4.99 Å². The van der Waals surface area contributed by atoms with Gasteiger partial charge in [-0.05, 0) is 61.6 Å². The molecule has 0 aliphatic carbocycles. The molecule has 0 amide bonds. The highest BCUT2D eigenvalue weighted by molar-refractivity contribution is 7.98. The number of benzene rings is 2. The molecular formula is C25H22N2O5S2. The Balaban J connectivity index is 1.90. The molecule has 1 aliphatic heterocycles. The molecule has 0 saturated carbocycles. The number of carboxylic acid groups (broad SMARTS) is 1. The molecule has 0 radical (unpaired) electrons. The van der Waals surface area contributed by atoms with E-state index in [1.54, 1.807) is 43.8 Å². The van der Waals surface area contributed by atoms with Crippen LogP contribution in [0.1, 0.15) is 41.4 Å². The molecule has 0 spiro atoms. The number of fused-ring (bicyclic) bond motifs is 1. The molecule has 3 aromatic rings. The Kier molecular flexibility index (Phi) is 6.85. The summed E-state index contributed by atoms with van der Waals surface area (Å²) in [7, 11) is 0. The van der Waals surface area contributed by atoms with Gasteiger partial charge in [0.05, 0.1) is 34.0 Å². The third-order valence-electron chi connectivity index (χ3n) is 5.40. The number of thiazole rings is 1. The van der Waals surface area contributed by atoms with E-state index in [-0.39, 0.29) is 17.7 Å². The van der Waals surface area contributed by atoms with Gasteiger partial charge in [0, 0.05) is 4.90 Å². The smallest absolute Gasteiger partial charge is 0.338 e. The van der Waals surface area contributed by atoms with Crippen molar-refractivity contribution >= 4 is 41.1 Å². The maximum absolute atomic E-state index is 13.5. The fourth-order valence-corrected chi connectivity index (χ4v) is 5.22. The molecule has 1 N–H and O–H groups in total. The highest BCUT2D eigenvalue weighted by atomic mass is 32.2. The van der Waals surface area contributed by atoms with E-state index in [9.17, 15) is 14.4 Å². The minimum atomic E-state index is -1.01. The van der Waals surface area contributed by atoms with Gasteiger partial charge in [-0.3, -0.25) is 9.36 Å². The molecule has 0 saturated heterocycles. The maximum atomic E-state index is 13.5. The third kappa shape index (κ3) is 4.49. The fraction of sp³-hybridized carbons (Fsp3) is 0.200. The number of hydrogen-bond acceptors (Lipinski definition) is 7. The lowest BCUT2D eigenvalue weighted by molar-refractivity contribution is -0.139. The molecule has 7 nitrogen and oxygen atoms in total. The second-order valence-electron chi connectivity index (χ2n) is 7.50. The number of aromatic carboxylic acids is 1. The summed E-state index contributed by atoms with van der Waals surface area (Å²) in [5.74, 6) is -1.51. The lowest BCUT2D eigenvalue weighted by Crippen LogP contribution is -2.39. The Morgan fingerprint density at radius 1 is 1.18 bits per heavy atom. The zero-order chi connectivity index (χ0) is 24.4. The Morgan fingerprint density at radius 2 is 1.85 bits per heavy atom. The second kappa shape index (κ2) is 9.82. The van der Waals surface area contributed by atoms with Crippen molar-refractivity contribution in [2.45, 2.75) is 24.8 Å². The fourth-order valence-electron chi connectivity index (χ4n) is 3.77. The first-order chi connectivity index (χ1) is 16.3. The van der Waals surface area contributed by atoms with Crippen LogP contribution < -0.4 is 14.9 Å². The predicted octanol–water partition coefficient (Wildman–Crippen LogP) is 3.22. The summed E-state index contributed by atoms with van der Waals surface area (Å²) in [6.07, 6.45) is 3.68. The molecule has 2 aromatic carbocycles. The van der Waals surface area contributed by atoms with Gasteiger partial charge in [-0.25, -0.2) is 14.6 Å². The molecule has 1 aliphatic rings. The average Bonchev–Trinajstić information content (AvgIpc) is 3.13. The number of thioether (sulfide) groups is 1. The van der Waals surface area contributed by atoms with Crippen molar-refractivity contribution in [1.29, 1.82) is 0 Å². The van der Waals surface area contributed by atoms with Crippen molar-refractivity contribution in [2.75, 3.05) is 12.9 Å². The van der Waals surface area contributed by atoms with Crippen molar-refractivity contribution in [3.05, 3.63) is 96.2 Å². The van der Waals surface area contributed by atoms with E-state index < -0.39 is 18.0 Å². The number of carbonyl (C=O) groups excluding carboxylic acids is 1. The zero-order valence-corrected chi connectivity index (χ0v) is 20.4. The summed E-state index contributed by atoms with van der Waals surface area (Å²) in [4.78, 5) is 43.7. The van der Waals surface area contributed by atoms with Gasteiger partial charge in [-0.15, -0.1) is 11.8 Å². The minimum absolute atomic E-state index is 0.169. The molecule has 1 atom stereocenters. The molecule has 0 bridgehead atoms. The predicted molar refractivity (Wildman–Crippen MR) is 132 cm³/mol. The van der Waals surface area contributed by atoms with Crippen LogP contribution >= 0.6 is 23.1 Å². The van der Waals surface area contributed by atoms with E-state index in [1.165, 1.54) is 28.0 Å². The highest BCUT2D eigenvalue weighted by Gasteiger charge is 2.33. The molecule has 0 fully saturated rings. The summed E-state index contributed by atoms with van der Waals surface area (Å²) < 4.78 is 7.28. The minimum Gasteiger partial charge on any atom is -0.478 e. The monoisotopic (exact) mass is 494 g/mol. The molecule has 4 rings (SSSR count). The number of rotatable bonds is 6. The van der Waals surface area contributed by atoms with Crippen molar-refractivity contribution in [3.63, 3.8) is 0 Å². The maximum Gasteiger partial charge on any atom is 0.338 e. The van der Waals surface area contributed by atoms with Crippen LogP contribution in [0.3, 0.4) is 0 Å². The van der Waals surface area contributed by atoms with E-state index in [2.05, 4.69) is 4.99 Å². The van der Waals surface area contributed by atoms with Crippen LogP contribution in [0.2, 0.25) is 0 Å². The number of carboxylic acids is 1. The highest BCUT2D eigenvalue weighted by Crippen LogP contribution is 2.31. The summed E-state index contributed by atoms with van der Waals surface area (Å²) in [5.41, 5.74) is 2.21. The van der Waals surface area contributed by atoms with Crippen LogP contribution in [0.4, 0.5) is 0 Å². The molecule has 9 heteroatoms. The topological polar surface area (TPSA) is 98.0 Å². The van der Waals surface area contributed by atoms with Crippen molar-refractivity contribution in [3.8, 4) is 0 Å².